The summed E-state index contributed by atoms with van der Waals surface area (Å²) in [7, 11) is 14.9. The van der Waals surface area contributed by atoms with Crippen LogP contribution in [-0.4, -0.2) is 0 Å². The van der Waals surface area contributed by atoms with Crippen LogP contribution in [0.4, 0.5) is 0 Å². The van der Waals surface area contributed by atoms with Crippen LogP contribution < -0.4 is 0 Å². The minimum absolute atomic E-state index is 0.798. The van der Waals surface area contributed by atoms with Crippen molar-refractivity contribution in [2.45, 2.75) is 52.9 Å². The zero-order valence-corrected chi connectivity index (χ0v) is 15.2. The van der Waals surface area contributed by atoms with E-state index < -0.39 is 14.7 Å². The second-order valence-corrected chi connectivity index (χ2v) is 12.5. The van der Waals surface area contributed by atoms with Gasteiger partial charge in [0.05, 0.1) is 0 Å². The summed E-state index contributed by atoms with van der Waals surface area (Å²) in [6.07, 6.45) is 9.03. The summed E-state index contributed by atoms with van der Waals surface area (Å²) in [5.74, 6) is 0.798. The third-order valence-electron chi connectivity index (χ3n) is 3.86. The fourth-order valence-electron chi connectivity index (χ4n) is 3.21. The normalized spacial score (nSPS) is 22.2. The zero-order chi connectivity index (χ0) is 13.7. The summed E-state index contributed by atoms with van der Waals surface area (Å²) < 4.78 is 0. The van der Waals surface area contributed by atoms with E-state index in [1.54, 1.807) is 22.3 Å². The van der Waals surface area contributed by atoms with Crippen LogP contribution in [0.15, 0.2) is 22.3 Å². The van der Waals surface area contributed by atoms with E-state index in [2.05, 4.69) is 27.2 Å². The van der Waals surface area contributed by atoms with Crippen LogP contribution in [0.25, 0.3) is 0 Å². The molecule has 1 unspecified atom stereocenters. The van der Waals surface area contributed by atoms with E-state index in [1.165, 1.54) is 32.1 Å². The van der Waals surface area contributed by atoms with Crippen LogP contribution in [0.3, 0.4) is 0 Å². The van der Waals surface area contributed by atoms with Gasteiger partial charge in [0.25, 0.3) is 0 Å². The van der Waals surface area contributed by atoms with E-state index in [9.17, 15) is 0 Å². The Hall–Kier alpha value is 0.934. The van der Waals surface area contributed by atoms with Gasteiger partial charge in [0.15, 0.2) is 0 Å². The standard InChI is InChI=1S/C14H21.3ClH.Ti/c1-4-11-10(3)13-8-6-7-9-14(13)12(11)5-2;;;;/h8,12H,4-7,9H2,1-3H3;3*1H;/q-1;;;;+4/p-3. The van der Waals surface area contributed by atoms with Crippen LogP contribution in [0.1, 0.15) is 52.9 Å². The van der Waals surface area contributed by atoms with Gasteiger partial charge in [0.1, 0.15) is 0 Å². The van der Waals surface area contributed by atoms with E-state index in [0.29, 0.717) is 0 Å². The topological polar surface area (TPSA) is 0 Å². The van der Waals surface area contributed by atoms with Crippen molar-refractivity contribution in [2.24, 2.45) is 5.92 Å². The first-order valence-electron chi connectivity index (χ1n) is 6.62. The third kappa shape index (κ3) is 4.22. The van der Waals surface area contributed by atoms with E-state index in [-0.39, 0.29) is 0 Å². The van der Waals surface area contributed by atoms with Gasteiger partial charge in [-0.05, 0) is 6.42 Å². The van der Waals surface area contributed by atoms with Gasteiger partial charge in [-0.3, -0.25) is 0 Å². The maximum absolute atomic E-state index is 4.97. The Morgan fingerprint density at radius 2 is 1.89 bits per heavy atom. The molecule has 0 nitrogen and oxygen atoms in total. The van der Waals surface area contributed by atoms with Gasteiger partial charge in [-0.1, -0.05) is 52.4 Å². The Bertz CT molecular complexity index is 342. The van der Waals surface area contributed by atoms with Crippen molar-refractivity contribution in [2.75, 3.05) is 0 Å². The van der Waals surface area contributed by atoms with E-state index in [4.69, 9.17) is 27.9 Å². The van der Waals surface area contributed by atoms with Crippen molar-refractivity contribution in [1.82, 2.24) is 0 Å². The number of allylic oxidation sites excluding steroid dienone is 4. The second-order valence-electron chi connectivity index (χ2n) is 4.71. The quantitative estimate of drug-likeness (QED) is 0.396. The van der Waals surface area contributed by atoms with Crippen molar-refractivity contribution in [3.63, 3.8) is 0 Å². The molecule has 18 heavy (non-hydrogen) atoms. The Morgan fingerprint density at radius 3 is 2.39 bits per heavy atom. The molecule has 0 spiro atoms. The molecule has 0 radical (unpaired) electrons. The Labute approximate surface area is 129 Å². The number of hydrogen-bond acceptors (Lipinski definition) is 0. The molecule has 4 heteroatoms. The third-order valence-corrected chi connectivity index (χ3v) is 3.86. The van der Waals surface area contributed by atoms with Crippen LogP contribution in [0.5, 0.6) is 0 Å². The molecule has 0 heterocycles. The summed E-state index contributed by atoms with van der Waals surface area (Å²) in [6, 6.07) is 0. The van der Waals surface area contributed by atoms with Crippen molar-refractivity contribution in [3.8, 4) is 0 Å². The Balaban J connectivity index is 0.000000357. The van der Waals surface area contributed by atoms with Gasteiger partial charge >= 0.3 is 42.6 Å². The molecular weight excluding hydrogens is 322 g/mol. The molecule has 1 atom stereocenters. The molecular formula is C14H21Cl3Ti. The predicted molar refractivity (Wildman–Crippen MR) is 79.5 cm³/mol. The van der Waals surface area contributed by atoms with Gasteiger partial charge in [-0.2, -0.15) is 23.1 Å². The molecule has 2 rings (SSSR count). The number of halogens is 3. The molecule has 0 saturated carbocycles. The van der Waals surface area contributed by atoms with Crippen molar-refractivity contribution in [3.05, 3.63) is 28.7 Å². The molecule has 0 fully saturated rings. The SMILES string of the molecule is CCC1=C(C)C2=C(CCC[CH-]2)C1CC.[Cl][Ti+]([Cl])[Cl]. The maximum atomic E-state index is 4.97. The van der Waals surface area contributed by atoms with Gasteiger partial charge in [-0.15, -0.1) is 5.57 Å². The molecule has 0 N–H and O–H groups in total. The van der Waals surface area contributed by atoms with Crippen molar-refractivity contribution < 1.29 is 14.7 Å². The van der Waals surface area contributed by atoms with Gasteiger partial charge < -0.3 is 0 Å². The van der Waals surface area contributed by atoms with Crippen molar-refractivity contribution >= 4 is 27.9 Å². The van der Waals surface area contributed by atoms with Crippen LogP contribution in [-0.2, 0) is 14.7 Å². The summed E-state index contributed by atoms with van der Waals surface area (Å²) in [5.41, 5.74) is 6.71. The molecule has 0 saturated heterocycles. The van der Waals surface area contributed by atoms with E-state index in [0.717, 1.165) is 5.92 Å². The summed E-state index contributed by atoms with van der Waals surface area (Å²) in [5, 5.41) is 0. The first-order valence-corrected chi connectivity index (χ1v) is 13.1. The molecule has 0 aromatic rings. The predicted octanol–water partition coefficient (Wildman–Crippen LogP) is 6.50. The Morgan fingerprint density at radius 1 is 1.28 bits per heavy atom. The van der Waals surface area contributed by atoms with Gasteiger partial charge in [0, 0.05) is 0 Å². The minimum atomic E-state index is -1.92. The molecule has 102 valence electrons. The van der Waals surface area contributed by atoms with Crippen LogP contribution in [0.2, 0.25) is 0 Å². The molecule has 0 bridgehead atoms. The number of hydrogen-bond donors (Lipinski definition) is 0. The molecule has 0 aromatic heterocycles. The molecule has 0 aromatic carbocycles. The molecule has 2 aliphatic rings. The van der Waals surface area contributed by atoms with Gasteiger partial charge in [0.2, 0.25) is 0 Å². The first kappa shape index (κ1) is 17.0. The molecule has 0 aliphatic heterocycles. The number of rotatable bonds is 2. The van der Waals surface area contributed by atoms with Crippen LogP contribution in [0, 0.1) is 12.3 Å². The summed E-state index contributed by atoms with van der Waals surface area (Å²) in [6.45, 7) is 6.96. The van der Waals surface area contributed by atoms with Crippen molar-refractivity contribution in [1.29, 1.82) is 0 Å². The fraction of sp³-hybridized carbons (Fsp3) is 0.643. The average Bonchev–Trinajstić information content (AvgIpc) is 2.61. The van der Waals surface area contributed by atoms with Crippen LogP contribution >= 0.6 is 27.9 Å². The molecule has 2 aliphatic carbocycles. The average molecular weight is 344 g/mol. The summed E-state index contributed by atoms with van der Waals surface area (Å²) >= 11 is -1.92. The summed E-state index contributed by atoms with van der Waals surface area (Å²) in [4.78, 5) is 0. The monoisotopic (exact) mass is 342 g/mol. The Kier molecular flexibility index (Phi) is 7.81. The molecule has 0 amide bonds. The van der Waals surface area contributed by atoms with E-state index >= 15 is 0 Å². The first-order chi connectivity index (χ1) is 8.52. The second kappa shape index (κ2) is 8.27. The van der Waals surface area contributed by atoms with Gasteiger partial charge in [-0.25, -0.2) is 0 Å². The fourth-order valence-corrected chi connectivity index (χ4v) is 3.21. The zero-order valence-electron chi connectivity index (χ0n) is 11.3. The van der Waals surface area contributed by atoms with E-state index in [1.807, 2.05) is 0 Å².